The minimum Gasteiger partial charge on any atom is -0.362 e. The third-order valence-electron chi connectivity index (χ3n) is 2.79. The van der Waals surface area contributed by atoms with Gasteiger partial charge in [-0.2, -0.15) is 0 Å². The molecule has 3 nitrogen and oxygen atoms in total. The highest BCUT2D eigenvalue weighted by atomic mass is 35.5. The first-order valence-corrected chi connectivity index (χ1v) is 7.05. The van der Waals surface area contributed by atoms with Gasteiger partial charge in [-0.15, -0.1) is 0 Å². The summed E-state index contributed by atoms with van der Waals surface area (Å²) in [6.07, 6.45) is 1.69. The van der Waals surface area contributed by atoms with E-state index in [4.69, 9.17) is 23.8 Å². The summed E-state index contributed by atoms with van der Waals surface area (Å²) < 4.78 is 39.4. The minimum atomic E-state index is -1.47. The lowest BCUT2D eigenvalue weighted by Crippen LogP contribution is -2.30. The van der Waals surface area contributed by atoms with Crippen molar-refractivity contribution in [2.75, 3.05) is 11.9 Å². The standard InChI is InChI=1S/C14H11ClF3N3S/c15-9-2-1-6-19-13(9)21-14(22)20-7-5-8-3-4-10(16)12(18)11(8)17/h1-4,6H,5,7H2,(H2,19,20,21,22). The predicted octanol–water partition coefficient (Wildman–Crippen LogP) is 3.68. The van der Waals surface area contributed by atoms with E-state index in [0.29, 0.717) is 10.8 Å². The fraction of sp³-hybridized carbons (Fsp3) is 0.143. The number of anilines is 1. The highest BCUT2D eigenvalue weighted by Gasteiger charge is 2.13. The van der Waals surface area contributed by atoms with Gasteiger partial charge < -0.3 is 10.6 Å². The van der Waals surface area contributed by atoms with Gasteiger partial charge in [-0.1, -0.05) is 17.7 Å². The smallest absolute Gasteiger partial charge is 0.194 e. The maximum absolute atomic E-state index is 13.5. The van der Waals surface area contributed by atoms with Crippen molar-refractivity contribution in [3.05, 3.63) is 58.5 Å². The van der Waals surface area contributed by atoms with Crippen LogP contribution in [0, 0.1) is 17.5 Å². The van der Waals surface area contributed by atoms with Gasteiger partial charge in [0, 0.05) is 12.7 Å². The number of aromatic nitrogens is 1. The Morgan fingerprint density at radius 3 is 2.68 bits per heavy atom. The van der Waals surface area contributed by atoms with Gasteiger partial charge in [0.15, 0.2) is 28.4 Å². The van der Waals surface area contributed by atoms with E-state index in [1.165, 1.54) is 6.07 Å². The number of thiocarbonyl (C=S) groups is 1. The van der Waals surface area contributed by atoms with Gasteiger partial charge in [-0.25, -0.2) is 18.2 Å². The lowest BCUT2D eigenvalue weighted by molar-refractivity contribution is 0.441. The summed E-state index contributed by atoms with van der Waals surface area (Å²) in [5.41, 5.74) is 0.0602. The van der Waals surface area contributed by atoms with Crippen LogP contribution in [0.5, 0.6) is 0 Å². The molecule has 0 amide bonds. The van der Waals surface area contributed by atoms with Gasteiger partial charge in [0.2, 0.25) is 0 Å². The van der Waals surface area contributed by atoms with Crippen LogP contribution in [0.15, 0.2) is 30.5 Å². The van der Waals surface area contributed by atoms with Gasteiger partial charge >= 0.3 is 0 Å². The maximum Gasteiger partial charge on any atom is 0.194 e. The molecule has 1 aromatic heterocycles. The fourth-order valence-electron chi connectivity index (χ4n) is 1.70. The molecular formula is C14H11ClF3N3S. The van der Waals surface area contributed by atoms with Crippen molar-refractivity contribution in [2.45, 2.75) is 6.42 Å². The number of nitrogens with one attached hydrogen (secondary N) is 2. The second-order valence-corrected chi connectivity index (χ2v) is 5.11. The Balaban J connectivity index is 1.88. The molecule has 0 fully saturated rings. The first-order valence-electron chi connectivity index (χ1n) is 6.26. The third kappa shape index (κ3) is 4.08. The zero-order valence-electron chi connectivity index (χ0n) is 11.2. The molecular weight excluding hydrogens is 335 g/mol. The molecule has 0 radical (unpaired) electrons. The predicted molar refractivity (Wildman–Crippen MR) is 83.5 cm³/mol. The summed E-state index contributed by atoms with van der Waals surface area (Å²) in [7, 11) is 0. The minimum absolute atomic E-state index is 0.0602. The Labute approximate surface area is 135 Å². The van der Waals surface area contributed by atoms with Crippen molar-refractivity contribution in [3.63, 3.8) is 0 Å². The van der Waals surface area contributed by atoms with Gasteiger partial charge in [0.25, 0.3) is 0 Å². The lowest BCUT2D eigenvalue weighted by atomic mass is 10.1. The van der Waals surface area contributed by atoms with E-state index in [1.807, 2.05) is 0 Å². The molecule has 0 bridgehead atoms. The normalized spacial score (nSPS) is 10.4. The molecule has 2 aromatic rings. The van der Waals surface area contributed by atoms with Crippen LogP contribution in [0.3, 0.4) is 0 Å². The van der Waals surface area contributed by atoms with Crippen molar-refractivity contribution in [3.8, 4) is 0 Å². The van der Waals surface area contributed by atoms with Crippen LogP contribution in [-0.4, -0.2) is 16.6 Å². The number of benzene rings is 1. The molecule has 0 aliphatic heterocycles. The summed E-state index contributed by atoms with van der Waals surface area (Å²) in [4.78, 5) is 4.00. The number of rotatable bonds is 4. The van der Waals surface area contributed by atoms with Crippen molar-refractivity contribution in [1.29, 1.82) is 0 Å². The zero-order valence-corrected chi connectivity index (χ0v) is 12.7. The first-order chi connectivity index (χ1) is 10.5. The summed E-state index contributed by atoms with van der Waals surface area (Å²) >= 11 is 11.0. The SMILES string of the molecule is Fc1ccc(CCNC(=S)Nc2ncccc2Cl)c(F)c1F. The quantitative estimate of drug-likeness (QED) is 0.654. The second-order valence-electron chi connectivity index (χ2n) is 4.30. The van der Waals surface area contributed by atoms with Crippen LogP contribution < -0.4 is 10.6 Å². The highest BCUT2D eigenvalue weighted by Crippen LogP contribution is 2.17. The van der Waals surface area contributed by atoms with Gasteiger partial charge in [0.1, 0.15) is 0 Å². The number of hydrogen-bond acceptors (Lipinski definition) is 2. The monoisotopic (exact) mass is 345 g/mol. The number of halogens is 4. The van der Waals surface area contributed by atoms with E-state index in [-0.39, 0.29) is 23.6 Å². The third-order valence-corrected chi connectivity index (χ3v) is 3.34. The molecule has 8 heteroatoms. The van der Waals surface area contributed by atoms with E-state index in [1.54, 1.807) is 18.3 Å². The van der Waals surface area contributed by atoms with Crippen molar-refractivity contribution >= 4 is 34.7 Å². The zero-order chi connectivity index (χ0) is 16.1. The fourth-order valence-corrected chi connectivity index (χ4v) is 2.07. The van der Waals surface area contributed by atoms with Crippen LogP contribution in [0.2, 0.25) is 5.02 Å². The highest BCUT2D eigenvalue weighted by molar-refractivity contribution is 7.80. The number of hydrogen-bond donors (Lipinski definition) is 2. The molecule has 1 aromatic carbocycles. The summed E-state index contributed by atoms with van der Waals surface area (Å²) in [5, 5.41) is 6.23. The molecule has 2 rings (SSSR count). The lowest BCUT2D eigenvalue weighted by Gasteiger charge is -2.11. The van der Waals surface area contributed by atoms with Crippen LogP contribution in [0.4, 0.5) is 19.0 Å². The topological polar surface area (TPSA) is 37.0 Å². The van der Waals surface area contributed by atoms with E-state index in [9.17, 15) is 13.2 Å². The second kappa shape index (κ2) is 7.42. The van der Waals surface area contributed by atoms with E-state index < -0.39 is 17.5 Å². The Morgan fingerprint density at radius 2 is 1.95 bits per heavy atom. The van der Waals surface area contributed by atoms with Crippen molar-refractivity contribution < 1.29 is 13.2 Å². The Bertz CT molecular complexity index is 697. The Hall–Kier alpha value is -1.86. The molecule has 0 aliphatic rings. The molecule has 2 N–H and O–H groups in total. The van der Waals surface area contributed by atoms with Gasteiger partial charge in [-0.05, 0) is 42.4 Å². The van der Waals surface area contributed by atoms with Crippen LogP contribution in [-0.2, 0) is 6.42 Å². The summed E-state index contributed by atoms with van der Waals surface area (Å²) in [6, 6.07) is 5.41. The van der Waals surface area contributed by atoms with Crippen LogP contribution in [0.25, 0.3) is 0 Å². The number of nitrogens with zero attached hydrogens (tertiary/aromatic N) is 1. The van der Waals surface area contributed by atoms with Crippen LogP contribution >= 0.6 is 23.8 Å². The van der Waals surface area contributed by atoms with Crippen molar-refractivity contribution in [1.82, 2.24) is 10.3 Å². The molecule has 0 aliphatic carbocycles. The Kier molecular flexibility index (Phi) is 5.57. The molecule has 0 atom stereocenters. The molecule has 0 saturated carbocycles. The average Bonchev–Trinajstić information content (AvgIpc) is 2.50. The van der Waals surface area contributed by atoms with Gasteiger partial charge in [0.05, 0.1) is 5.02 Å². The largest absolute Gasteiger partial charge is 0.362 e. The molecule has 0 spiro atoms. The maximum atomic E-state index is 13.5. The summed E-state index contributed by atoms with van der Waals surface area (Å²) in [5.74, 6) is -3.48. The molecule has 116 valence electrons. The summed E-state index contributed by atoms with van der Waals surface area (Å²) in [6.45, 7) is 0.234. The molecule has 22 heavy (non-hydrogen) atoms. The van der Waals surface area contributed by atoms with E-state index >= 15 is 0 Å². The van der Waals surface area contributed by atoms with Crippen LogP contribution in [0.1, 0.15) is 5.56 Å². The van der Waals surface area contributed by atoms with Crippen molar-refractivity contribution in [2.24, 2.45) is 0 Å². The molecule has 0 saturated heterocycles. The molecule has 0 unspecified atom stereocenters. The van der Waals surface area contributed by atoms with E-state index in [2.05, 4.69) is 15.6 Å². The van der Waals surface area contributed by atoms with Gasteiger partial charge in [-0.3, -0.25) is 0 Å². The molecule has 1 heterocycles. The Morgan fingerprint density at radius 1 is 1.18 bits per heavy atom. The van der Waals surface area contributed by atoms with E-state index in [0.717, 1.165) is 6.07 Å². The number of pyridine rings is 1. The average molecular weight is 346 g/mol. The first kappa shape index (κ1) is 16.5.